The molecular formula is C16H21BrN2O2. The molecule has 1 aromatic heterocycles. The Balaban J connectivity index is 2.13. The van der Waals surface area contributed by atoms with Crippen molar-refractivity contribution in [3.05, 3.63) is 45.7 Å². The molecule has 0 spiro atoms. The van der Waals surface area contributed by atoms with Gasteiger partial charge in [-0.2, -0.15) is 5.10 Å². The third-order valence-electron chi connectivity index (χ3n) is 3.55. The zero-order valence-electron chi connectivity index (χ0n) is 12.9. The summed E-state index contributed by atoms with van der Waals surface area (Å²) in [6.45, 7) is 3.80. The smallest absolute Gasteiger partial charge is 0.118 e. The average Bonchev–Trinajstić information content (AvgIpc) is 2.65. The van der Waals surface area contributed by atoms with Crippen LogP contribution in [0.5, 0.6) is 5.75 Å². The first kappa shape index (κ1) is 16.0. The van der Waals surface area contributed by atoms with Crippen LogP contribution >= 0.6 is 15.9 Å². The standard InChI is InChI=1S/C16H21BrN2O2/c1-11-15(17)14(19(3)18-11)10-16(2,20)9-12-5-7-13(21-4)8-6-12/h5-8,20H,9-10H2,1-4H3. The second-order valence-corrected chi connectivity index (χ2v) is 6.46. The van der Waals surface area contributed by atoms with Gasteiger partial charge in [0.2, 0.25) is 0 Å². The van der Waals surface area contributed by atoms with Crippen LogP contribution in [0.15, 0.2) is 28.7 Å². The van der Waals surface area contributed by atoms with Gasteiger partial charge in [0.15, 0.2) is 0 Å². The lowest BCUT2D eigenvalue weighted by molar-refractivity contribution is 0.0587. The zero-order chi connectivity index (χ0) is 15.6. The van der Waals surface area contributed by atoms with Gasteiger partial charge < -0.3 is 9.84 Å². The number of ether oxygens (including phenoxy) is 1. The summed E-state index contributed by atoms with van der Waals surface area (Å²) in [6, 6.07) is 7.79. The molecule has 114 valence electrons. The van der Waals surface area contributed by atoms with E-state index in [4.69, 9.17) is 4.74 Å². The first-order valence-corrected chi connectivity index (χ1v) is 7.65. The molecule has 2 rings (SSSR count). The Morgan fingerprint density at radius 2 is 1.90 bits per heavy atom. The minimum Gasteiger partial charge on any atom is -0.497 e. The molecule has 0 amide bonds. The summed E-state index contributed by atoms with van der Waals surface area (Å²) in [5, 5.41) is 15.1. The van der Waals surface area contributed by atoms with E-state index >= 15 is 0 Å². The normalized spacial score (nSPS) is 14.0. The fourth-order valence-electron chi connectivity index (χ4n) is 2.48. The Kier molecular flexibility index (Phi) is 4.74. The van der Waals surface area contributed by atoms with Gasteiger partial charge in [0, 0.05) is 19.9 Å². The number of aromatic nitrogens is 2. The Morgan fingerprint density at radius 3 is 2.38 bits per heavy atom. The van der Waals surface area contributed by atoms with Gasteiger partial charge in [-0.05, 0) is 47.5 Å². The van der Waals surface area contributed by atoms with Gasteiger partial charge in [-0.1, -0.05) is 12.1 Å². The van der Waals surface area contributed by atoms with Crippen LogP contribution in [-0.2, 0) is 19.9 Å². The second kappa shape index (κ2) is 6.20. The molecule has 21 heavy (non-hydrogen) atoms. The van der Waals surface area contributed by atoms with Crippen molar-refractivity contribution in [3.63, 3.8) is 0 Å². The highest BCUT2D eigenvalue weighted by Gasteiger charge is 2.25. The number of hydrogen-bond acceptors (Lipinski definition) is 3. The van der Waals surface area contributed by atoms with Crippen LogP contribution in [-0.4, -0.2) is 27.6 Å². The van der Waals surface area contributed by atoms with E-state index in [-0.39, 0.29) is 0 Å². The van der Waals surface area contributed by atoms with Gasteiger partial charge in [0.1, 0.15) is 5.75 Å². The van der Waals surface area contributed by atoms with Crippen LogP contribution in [0.25, 0.3) is 0 Å². The second-order valence-electron chi connectivity index (χ2n) is 5.67. The summed E-state index contributed by atoms with van der Waals surface area (Å²) >= 11 is 3.55. The van der Waals surface area contributed by atoms with Crippen molar-refractivity contribution < 1.29 is 9.84 Å². The predicted octanol–water partition coefficient (Wildman–Crippen LogP) is 3.04. The molecule has 1 N–H and O–H groups in total. The molecule has 1 unspecified atom stereocenters. The monoisotopic (exact) mass is 352 g/mol. The van der Waals surface area contributed by atoms with E-state index in [0.717, 1.165) is 27.2 Å². The molecule has 0 saturated carbocycles. The highest BCUT2D eigenvalue weighted by Crippen LogP contribution is 2.26. The number of methoxy groups -OCH3 is 1. The molecule has 4 nitrogen and oxygen atoms in total. The predicted molar refractivity (Wildman–Crippen MR) is 86.7 cm³/mol. The van der Waals surface area contributed by atoms with Crippen molar-refractivity contribution in [2.75, 3.05) is 7.11 Å². The van der Waals surface area contributed by atoms with Crippen molar-refractivity contribution >= 4 is 15.9 Å². The molecular weight excluding hydrogens is 332 g/mol. The van der Waals surface area contributed by atoms with Crippen molar-refractivity contribution in [1.82, 2.24) is 9.78 Å². The Bertz CT molecular complexity index is 618. The topological polar surface area (TPSA) is 47.3 Å². The molecule has 0 bridgehead atoms. The molecule has 2 aromatic rings. The summed E-state index contributed by atoms with van der Waals surface area (Å²) in [6.07, 6.45) is 1.12. The Morgan fingerprint density at radius 1 is 1.29 bits per heavy atom. The van der Waals surface area contributed by atoms with E-state index in [9.17, 15) is 5.11 Å². The molecule has 0 saturated heterocycles. The molecule has 0 aliphatic rings. The number of rotatable bonds is 5. The molecule has 0 aliphatic carbocycles. The minimum atomic E-state index is -0.836. The molecule has 1 heterocycles. The number of nitrogens with zero attached hydrogens (tertiary/aromatic N) is 2. The number of aryl methyl sites for hydroxylation is 2. The number of halogens is 1. The lowest BCUT2D eigenvalue weighted by atomic mass is 9.91. The maximum absolute atomic E-state index is 10.7. The largest absolute Gasteiger partial charge is 0.497 e. The Hall–Kier alpha value is -1.33. The van der Waals surface area contributed by atoms with Crippen LogP contribution in [0.2, 0.25) is 0 Å². The van der Waals surface area contributed by atoms with E-state index in [2.05, 4.69) is 21.0 Å². The fourth-order valence-corrected chi connectivity index (χ4v) is 2.95. The molecule has 1 atom stereocenters. The number of benzene rings is 1. The summed E-state index contributed by atoms with van der Waals surface area (Å²) in [4.78, 5) is 0. The Labute approximate surface area is 133 Å². The number of hydrogen-bond donors (Lipinski definition) is 1. The van der Waals surface area contributed by atoms with Crippen molar-refractivity contribution in [1.29, 1.82) is 0 Å². The van der Waals surface area contributed by atoms with E-state index in [0.29, 0.717) is 12.8 Å². The first-order valence-electron chi connectivity index (χ1n) is 6.85. The van der Waals surface area contributed by atoms with Crippen LogP contribution in [0, 0.1) is 6.92 Å². The quantitative estimate of drug-likeness (QED) is 0.899. The summed E-state index contributed by atoms with van der Waals surface area (Å²) < 4.78 is 7.94. The van der Waals surface area contributed by atoms with E-state index < -0.39 is 5.60 Å². The van der Waals surface area contributed by atoms with Gasteiger partial charge in [-0.25, -0.2) is 0 Å². The molecule has 0 aliphatic heterocycles. The van der Waals surface area contributed by atoms with Gasteiger partial charge in [-0.15, -0.1) is 0 Å². The third-order valence-corrected chi connectivity index (χ3v) is 4.59. The fraction of sp³-hybridized carbons (Fsp3) is 0.438. The lowest BCUT2D eigenvalue weighted by Crippen LogP contribution is -2.31. The first-order chi connectivity index (χ1) is 9.82. The highest BCUT2D eigenvalue weighted by atomic mass is 79.9. The SMILES string of the molecule is COc1ccc(CC(C)(O)Cc2c(Br)c(C)nn2C)cc1. The molecule has 0 radical (unpaired) electrons. The van der Waals surface area contributed by atoms with E-state index in [1.807, 2.05) is 49.8 Å². The van der Waals surface area contributed by atoms with Crippen LogP contribution in [0.4, 0.5) is 0 Å². The molecule has 1 aromatic carbocycles. The van der Waals surface area contributed by atoms with Crippen molar-refractivity contribution in [2.24, 2.45) is 7.05 Å². The third kappa shape index (κ3) is 3.86. The van der Waals surface area contributed by atoms with Crippen molar-refractivity contribution in [2.45, 2.75) is 32.3 Å². The molecule has 5 heteroatoms. The summed E-state index contributed by atoms with van der Waals surface area (Å²) in [5.41, 5.74) is 2.19. The van der Waals surface area contributed by atoms with Gasteiger partial charge in [-0.3, -0.25) is 4.68 Å². The minimum absolute atomic E-state index is 0.539. The highest BCUT2D eigenvalue weighted by molar-refractivity contribution is 9.10. The van der Waals surface area contributed by atoms with Gasteiger partial charge in [0.05, 0.1) is 28.6 Å². The van der Waals surface area contributed by atoms with E-state index in [1.54, 1.807) is 7.11 Å². The van der Waals surface area contributed by atoms with Gasteiger partial charge >= 0.3 is 0 Å². The number of aliphatic hydroxyl groups is 1. The zero-order valence-corrected chi connectivity index (χ0v) is 14.4. The van der Waals surface area contributed by atoms with Crippen molar-refractivity contribution in [3.8, 4) is 5.75 Å². The van der Waals surface area contributed by atoms with Crippen LogP contribution in [0.3, 0.4) is 0 Å². The summed E-state index contributed by atoms with van der Waals surface area (Å²) in [5.74, 6) is 0.823. The maximum Gasteiger partial charge on any atom is 0.118 e. The van der Waals surface area contributed by atoms with E-state index in [1.165, 1.54) is 0 Å². The average molecular weight is 353 g/mol. The van der Waals surface area contributed by atoms with Gasteiger partial charge in [0.25, 0.3) is 0 Å². The van der Waals surface area contributed by atoms with Crippen LogP contribution in [0.1, 0.15) is 23.9 Å². The lowest BCUT2D eigenvalue weighted by Gasteiger charge is -2.24. The van der Waals surface area contributed by atoms with Crippen LogP contribution < -0.4 is 4.74 Å². The summed E-state index contributed by atoms with van der Waals surface area (Å²) in [7, 11) is 3.55. The molecule has 0 fully saturated rings. The maximum atomic E-state index is 10.7.